The zero-order chi connectivity index (χ0) is 21.9. The van der Waals surface area contributed by atoms with Gasteiger partial charge in [-0.3, -0.25) is 14.4 Å². The molecule has 2 aromatic rings. The molecule has 0 aliphatic carbocycles. The summed E-state index contributed by atoms with van der Waals surface area (Å²) in [6, 6.07) is 11.9. The van der Waals surface area contributed by atoms with Gasteiger partial charge >= 0.3 is 11.8 Å². The molecule has 0 heterocycles. The van der Waals surface area contributed by atoms with Crippen LogP contribution < -0.4 is 20.8 Å². The second kappa shape index (κ2) is 11.4. The number of aryl methyl sites for hydroxylation is 1. The minimum absolute atomic E-state index is 0.180. The van der Waals surface area contributed by atoms with E-state index in [0.717, 1.165) is 5.56 Å². The number of benzene rings is 2. The molecule has 0 spiro atoms. The lowest BCUT2D eigenvalue weighted by Gasteiger charge is -2.10. The molecule has 0 aromatic heterocycles. The van der Waals surface area contributed by atoms with E-state index in [2.05, 4.69) is 27.7 Å². The van der Waals surface area contributed by atoms with Crippen LogP contribution in [0.15, 0.2) is 60.2 Å². The van der Waals surface area contributed by atoms with E-state index in [4.69, 9.17) is 16.3 Å². The molecule has 0 saturated carbocycles. The van der Waals surface area contributed by atoms with Gasteiger partial charge in [-0.15, -0.1) is 6.58 Å². The van der Waals surface area contributed by atoms with E-state index in [0.29, 0.717) is 22.0 Å². The highest BCUT2D eigenvalue weighted by molar-refractivity contribution is 6.35. The van der Waals surface area contributed by atoms with Crippen molar-refractivity contribution in [3.05, 3.63) is 71.3 Å². The molecule has 0 unspecified atom stereocenters. The molecule has 0 saturated heterocycles. The Morgan fingerprint density at radius 2 is 1.97 bits per heavy atom. The molecule has 3 amide bonds. The Labute approximate surface area is 178 Å². The molecule has 0 atom stereocenters. The Morgan fingerprint density at radius 1 is 1.17 bits per heavy atom. The summed E-state index contributed by atoms with van der Waals surface area (Å²) in [5, 5.41) is 9.32. The van der Waals surface area contributed by atoms with E-state index in [1.54, 1.807) is 36.4 Å². The minimum Gasteiger partial charge on any atom is -0.484 e. The lowest BCUT2D eigenvalue weighted by Crippen LogP contribution is -2.37. The fourth-order valence-corrected chi connectivity index (χ4v) is 2.38. The molecule has 0 aliphatic heterocycles. The number of carbonyl (C=O) groups excluding carboxylic acids is 3. The van der Waals surface area contributed by atoms with Crippen LogP contribution in [0.5, 0.6) is 5.75 Å². The molecular formula is C21H21ClN4O4. The van der Waals surface area contributed by atoms with Gasteiger partial charge in [0, 0.05) is 17.3 Å². The standard InChI is InChI=1S/C21H21ClN4O4/c1-3-9-23-20(28)21(29)26-24-12-15-5-4-6-17(10-15)30-13-19(27)25-18-11-16(22)8-7-14(18)2/h3-8,10-12H,1,9,13H2,2H3,(H,23,28)(H,25,27)(H,26,29)/b24-12-. The van der Waals surface area contributed by atoms with Crippen LogP contribution in [-0.4, -0.2) is 37.1 Å². The zero-order valence-corrected chi connectivity index (χ0v) is 17.0. The van der Waals surface area contributed by atoms with Crippen LogP contribution in [0.25, 0.3) is 0 Å². The second-order valence-electron chi connectivity index (χ2n) is 6.07. The molecular weight excluding hydrogens is 408 g/mol. The molecule has 0 fully saturated rings. The van der Waals surface area contributed by atoms with E-state index in [9.17, 15) is 14.4 Å². The number of amides is 3. The summed E-state index contributed by atoms with van der Waals surface area (Å²) in [4.78, 5) is 35.1. The molecule has 9 heteroatoms. The number of rotatable bonds is 8. The van der Waals surface area contributed by atoms with Crippen LogP contribution in [-0.2, 0) is 14.4 Å². The molecule has 2 aromatic carbocycles. The van der Waals surface area contributed by atoms with Crippen molar-refractivity contribution < 1.29 is 19.1 Å². The Hall–Kier alpha value is -3.65. The highest BCUT2D eigenvalue weighted by Crippen LogP contribution is 2.20. The van der Waals surface area contributed by atoms with Gasteiger partial charge in [-0.25, -0.2) is 5.43 Å². The van der Waals surface area contributed by atoms with E-state index in [-0.39, 0.29) is 19.1 Å². The van der Waals surface area contributed by atoms with Crippen molar-refractivity contribution in [3.8, 4) is 5.75 Å². The number of halogens is 1. The van der Waals surface area contributed by atoms with E-state index >= 15 is 0 Å². The van der Waals surface area contributed by atoms with Gasteiger partial charge in [0.1, 0.15) is 5.75 Å². The fraction of sp³-hybridized carbons (Fsp3) is 0.143. The zero-order valence-electron chi connectivity index (χ0n) is 16.3. The van der Waals surface area contributed by atoms with Crippen LogP contribution in [0.1, 0.15) is 11.1 Å². The maximum absolute atomic E-state index is 12.1. The summed E-state index contributed by atoms with van der Waals surface area (Å²) in [6.45, 7) is 5.28. The third-order valence-corrected chi connectivity index (χ3v) is 3.93. The summed E-state index contributed by atoms with van der Waals surface area (Å²) in [6.07, 6.45) is 2.80. The van der Waals surface area contributed by atoms with Gasteiger partial charge in [-0.1, -0.05) is 35.9 Å². The van der Waals surface area contributed by atoms with Gasteiger partial charge in [0.2, 0.25) is 0 Å². The number of hydrazone groups is 1. The van der Waals surface area contributed by atoms with Crippen molar-refractivity contribution in [1.82, 2.24) is 10.7 Å². The van der Waals surface area contributed by atoms with E-state index in [1.165, 1.54) is 12.3 Å². The number of hydrogen-bond acceptors (Lipinski definition) is 5. The predicted molar refractivity (Wildman–Crippen MR) is 116 cm³/mol. The van der Waals surface area contributed by atoms with Gasteiger partial charge in [0.05, 0.1) is 6.21 Å². The SMILES string of the molecule is C=CCNC(=O)C(=O)N/N=C\c1cccc(OCC(=O)Nc2cc(Cl)ccc2C)c1. The lowest BCUT2D eigenvalue weighted by atomic mass is 10.2. The number of nitrogens with zero attached hydrogens (tertiary/aromatic N) is 1. The Bertz CT molecular complexity index is 975. The summed E-state index contributed by atoms with van der Waals surface area (Å²) in [7, 11) is 0. The number of nitrogens with one attached hydrogen (secondary N) is 3. The molecule has 156 valence electrons. The fourth-order valence-electron chi connectivity index (χ4n) is 2.21. The predicted octanol–water partition coefficient (Wildman–Crippen LogP) is 2.42. The molecule has 0 aliphatic rings. The van der Waals surface area contributed by atoms with Crippen molar-refractivity contribution in [2.45, 2.75) is 6.92 Å². The van der Waals surface area contributed by atoms with Crippen molar-refractivity contribution >= 4 is 41.2 Å². The minimum atomic E-state index is -0.895. The molecule has 0 radical (unpaired) electrons. The Kier molecular flexibility index (Phi) is 8.58. The van der Waals surface area contributed by atoms with Crippen molar-refractivity contribution in [2.75, 3.05) is 18.5 Å². The smallest absolute Gasteiger partial charge is 0.329 e. The van der Waals surface area contributed by atoms with Crippen molar-refractivity contribution in [3.63, 3.8) is 0 Å². The maximum atomic E-state index is 12.1. The largest absolute Gasteiger partial charge is 0.484 e. The summed E-state index contributed by atoms with van der Waals surface area (Å²) < 4.78 is 5.49. The lowest BCUT2D eigenvalue weighted by molar-refractivity contribution is -0.139. The quantitative estimate of drug-likeness (QED) is 0.259. The summed E-state index contributed by atoms with van der Waals surface area (Å²) >= 11 is 5.94. The molecule has 2 rings (SSSR count). The van der Waals surface area contributed by atoms with Crippen LogP contribution in [0.2, 0.25) is 5.02 Å². The van der Waals surface area contributed by atoms with E-state index < -0.39 is 11.8 Å². The summed E-state index contributed by atoms with van der Waals surface area (Å²) in [5.41, 5.74) is 4.21. The third kappa shape index (κ3) is 7.40. The maximum Gasteiger partial charge on any atom is 0.329 e. The first kappa shape index (κ1) is 22.6. The first-order valence-electron chi connectivity index (χ1n) is 8.90. The average molecular weight is 429 g/mol. The van der Waals surface area contributed by atoms with Crippen LogP contribution in [0.3, 0.4) is 0 Å². The number of carbonyl (C=O) groups is 3. The molecule has 8 nitrogen and oxygen atoms in total. The number of anilines is 1. The number of hydrogen-bond donors (Lipinski definition) is 3. The molecule has 30 heavy (non-hydrogen) atoms. The first-order chi connectivity index (χ1) is 14.4. The Balaban J connectivity index is 1.87. The van der Waals surface area contributed by atoms with Crippen molar-refractivity contribution in [1.29, 1.82) is 0 Å². The summed E-state index contributed by atoms with van der Waals surface area (Å²) in [5.74, 6) is -1.61. The molecule has 3 N–H and O–H groups in total. The monoisotopic (exact) mass is 428 g/mol. The van der Waals surface area contributed by atoms with Gasteiger partial charge in [-0.05, 0) is 42.3 Å². The second-order valence-corrected chi connectivity index (χ2v) is 6.50. The van der Waals surface area contributed by atoms with Gasteiger partial charge in [-0.2, -0.15) is 5.10 Å². The van der Waals surface area contributed by atoms with Gasteiger partial charge < -0.3 is 15.4 Å². The number of ether oxygens (including phenoxy) is 1. The van der Waals surface area contributed by atoms with Crippen molar-refractivity contribution in [2.24, 2.45) is 5.10 Å². The Morgan fingerprint density at radius 3 is 2.73 bits per heavy atom. The topological polar surface area (TPSA) is 109 Å². The molecule has 0 bridgehead atoms. The van der Waals surface area contributed by atoms with Crippen LogP contribution in [0, 0.1) is 6.92 Å². The van der Waals surface area contributed by atoms with Gasteiger partial charge in [0.15, 0.2) is 6.61 Å². The highest BCUT2D eigenvalue weighted by Gasteiger charge is 2.10. The highest BCUT2D eigenvalue weighted by atomic mass is 35.5. The normalized spacial score (nSPS) is 10.3. The third-order valence-electron chi connectivity index (χ3n) is 3.69. The first-order valence-corrected chi connectivity index (χ1v) is 9.28. The average Bonchev–Trinajstić information content (AvgIpc) is 2.73. The van der Waals surface area contributed by atoms with Crippen LogP contribution in [0.4, 0.5) is 5.69 Å². The van der Waals surface area contributed by atoms with E-state index in [1.807, 2.05) is 13.0 Å². The van der Waals surface area contributed by atoms with Gasteiger partial charge in [0.25, 0.3) is 5.91 Å². The van der Waals surface area contributed by atoms with Crippen LogP contribution >= 0.6 is 11.6 Å².